The highest BCUT2D eigenvalue weighted by Crippen LogP contribution is 2.33. The average molecular weight is 413 g/mol. The van der Waals surface area contributed by atoms with Crippen molar-refractivity contribution in [3.63, 3.8) is 0 Å². The molecule has 0 atom stereocenters. The second kappa shape index (κ2) is 7.70. The first-order valence-electron chi connectivity index (χ1n) is 8.73. The van der Waals surface area contributed by atoms with Gasteiger partial charge in [0, 0.05) is 33.9 Å². The van der Waals surface area contributed by atoms with Crippen LogP contribution < -0.4 is 10.1 Å². The predicted octanol–water partition coefficient (Wildman–Crippen LogP) is 5.63. The predicted molar refractivity (Wildman–Crippen MR) is 114 cm³/mol. The molecule has 0 aliphatic carbocycles. The summed E-state index contributed by atoms with van der Waals surface area (Å²) in [6.45, 7) is 2.50. The Morgan fingerprint density at radius 3 is 2.68 bits per heavy atom. The van der Waals surface area contributed by atoms with Gasteiger partial charge >= 0.3 is 0 Å². The van der Waals surface area contributed by atoms with Crippen LogP contribution in [0.3, 0.4) is 0 Å². The van der Waals surface area contributed by atoms with Crippen molar-refractivity contribution in [2.75, 3.05) is 12.4 Å². The van der Waals surface area contributed by atoms with Crippen molar-refractivity contribution in [2.45, 2.75) is 13.5 Å². The van der Waals surface area contributed by atoms with Crippen LogP contribution in [0.1, 0.15) is 11.3 Å². The molecule has 0 saturated heterocycles. The minimum atomic E-state index is 0.540. The first-order chi connectivity index (χ1) is 13.6. The van der Waals surface area contributed by atoms with Gasteiger partial charge in [-0.2, -0.15) is 9.61 Å². The molecule has 142 valence electrons. The van der Waals surface area contributed by atoms with Crippen LogP contribution in [-0.4, -0.2) is 21.7 Å². The lowest BCUT2D eigenvalue weighted by molar-refractivity contribution is 0.416. The molecule has 0 radical (unpaired) electrons. The number of hydrogen-bond donors (Lipinski definition) is 1. The monoisotopic (exact) mass is 412 g/mol. The van der Waals surface area contributed by atoms with Gasteiger partial charge in [-0.15, -0.1) is 0 Å². The largest absolute Gasteiger partial charge is 0.496 e. The van der Waals surface area contributed by atoms with Gasteiger partial charge in [-0.3, -0.25) is 0 Å². The molecule has 28 heavy (non-hydrogen) atoms. The van der Waals surface area contributed by atoms with Crippen molar-refractivity contribution in [1.29, 1.82) is 0 Å². The molecule has 0 aliphatic rings. The van der Waals surface area contributed by atoms with Gasteiger partial charge in [-0.05, 0) is 30.7 Å². The third kappa shape index (κ3) is 3.51. The van der Waals surface area contributed by atoms with Gasteiger partial charge in [0.1, 0.15) is 11.6 Å². The van der Waals surface area contributed by atoms with Crippen LogP contribution in [0.25, 0.3) is 16.8 Å². The quantitative estimate of drug-likeness (QED) is 0.461. The van der Waals surface area contributed by atoms with E-state index in [0.29, 0.717) is 16.6 Å². The van der Waals surface area contributed by atoms with E-state index in [-0.39, 0.29) is 0 Å². The Bertz CT molecular complexity index is 1160. The summed E-state index contributed by atoms with van der Waals surface area (Å²) >= 11 is 12.3. The molecule has 0 unspecified atom stereocenters. The van der Waals surface area contributed by atoms with Crippen molar-refractivity contribution in [3.8, 4) is 16.9 Å². The third-order valence-corrected chi connectivity index (χ3v) is 5.06. The maximum Gasteiger partial charge on any atom is 0.165 e. The van der Waals surface area contributed by atoms with Gasteiger partial charge in [-0.25, -0.2) is 4.98 Å². The topological polar surface area (TPSA) is 51.5 Å². The number of fused-ring (bicyclic) bond motifs is 1. The number of halogens is 2. The standard InChI is InChI=1S/C21H18Cl2N4O/c1-13-9-20(24-11-14-7-8-15(22)10-18(14)23)27-21(26-13)17(12-25-27)16-5-3-4-6-19(16)28-2/h3-10,12,24H,11H2,1-2H3. The molecule has 2 aromatic carbocycles. The van der Waals surface area contributed by atoms with Crippen LogP contribution >= 0.6 is 23.2 Å². The maximum atomic E-state index is 6.29. The summed E-state index contributed by atoms with van der Waals surface area (Å²) in [5.74, 6) is 1.61. The SMILES string of the molecule is COc1ccccc1-c1cnn2c(NCc3ccc(Cl)cc3Cl)cc(C)nc12. The number of nitrogens with zero attached hydrogens (tertiary/aromatic N) is 3. The second-order valence-electron chi connectivity index (χ2n) is 6.37. The molecule has 4 rings (SSSR count). The Kier molecular flexibility index (Phi) is 5.11. The molecule has 0 spiro atoms. The molecule has 0 aliphatic heterocycles. The van der Waals surface area contributed by atoms with Gasteiger partial charge in [0.2, 0.25) is 0 Å². The molecular formula is C21H18Cl2N4O. The molecule has 7 heteroatoms. The summed E-state index contributed by atoms with van der Waals surface area (Å²) in [7, 11) is 1.66. The fourth-order valence-corrected chi connectivity index (χ4v) is 3.59. The van der Waals surface area contributed by atoms with E-state index >= 15 is 0 Å². The summed E-state index contributed by atoms with van der Waals surface area (Å²) in [6, 6.07) is 15.3. The van der Waals surface area contributed by atoms with Gasteiger partial charge in [0.25, 0.3) is 0 Å². The van der Waals surface area contributed by atoms with Crippen molar-refractivity contribution in [1.82, 2.24) is 14.6 Å². The van der Waals surface area contributed by atoms with Gasteiger partial charge in [-0.1, -0.05) is 47.5 Å². The number of hydrogen-bond acceptors (Lipinski definition) is 4. The second-order valence-corrected chi connectivity index (χ2v) is 7.21. The van der Waals surface area contributed by atoms with E-state index < -0.39 is 0 Å². The first-order valence-corrected chi connectivity index (χ1v) is 9.49. The molecule has 1 N–H and O–H groups in total. The van der Waals surface area contributed by atoms with Crippen LogP contribution in [0, 0.1) is 6.92 Å². The van der Waals surface area contributed by atoms with Crippen LogP contribution in [0.2, 0.25) is 10.0 Å². The van der Waals surface area contributed by atoms with Crippen molar-refractivity contribution >= 4 is 34.7 Å². The van der Waals surface area contributed by atoms with E-state index in [0.717, 1.165) is 39.6 Å². The zero-order valence-corrected chi connectivity index (χ0v) is 16.9. The van der Waals surface area contributed by atoms with Crippen LogP contribution in [0.5, 0.6) is 5.75 Å². The van der Waals surface area contributed by atoms with Crippen LogP contribution in [0.15, 0.2) is 54.7 Å². The Morgan fingerprint density at radius 2 is 1.89 bits per heavy atom. The van der Waals surface area contributed by atoms with E-state index in [9.17, 15) is 0 Å². The zero-order chi connectivity index (χ0) is 19.7. The van der Waals surface area contributed by atoms with Gasteiger partial charge in [0.15, 0.2) is 5.65 Å². The number of aromatic nitrogens is 3. The van der Waals surface area contributed by atoms with E-state index in [2.05, 4.69) is 10.4 Å². The molecule has 0 saturated carbocycles. The number of methoxy groups -OCH3 is 1. The summed E-state index contributed by atoms with van der Waals surface area (Å²) in [5.41, 5.74) is 4.45. The summed E-state index contributed by atoms with van der Waals surface area (Å²) < 4.78 is 7.29. The number of nitrogens with one attached hydrogen (secondary N) is 1. The summed E-state index contributed by atoms with van der Waals surface area (Å²) in [4.78, 5) is 4.69. The minimum absolute atomic E-state index is 0.540. The first kappa shape index (κ1) is 18.6. The highest BCUT2D eigenvalue weighted by atomic mass is 35.5. The van der Waals surface area contributed by atoms with E-state index in [1.54, 1.807) is 23.9 Å². The van der Waals surface area contributed by atoms with Crippen molar-refractivity contribution in [3.05, 3.63) is 76.0 Å². The van der Waals surface area contributed by atoms with Crippen LogP contribution in [-0.2, 0) is 6.54 Å². The summed E-state index contributed by atoms with van der Waals surface area (Å²) in [5, 5.41) is 9.18. The van der Waals surface area contributed by atoms with Crippen LogP contribution in [0.4, 0.5) is 5.82 Å². The maximum absolute atomic E-state index is 6.29. The average Bonchev–Trinajstić information content (AvgIpc) is 3.10. The van der Waals surface area contributed by atoms with Gasteiger partial charge < -0.3 is 10.1 Å². The van der Waals surface area contributed by atoms with E-state index in [4.69, 9.17) is 32.9 Å². The highest BCUT2D eigenvalue weighted by molar-refractivity contribution is 6.35. The lowest BCUT2D eigenvalue weighted by Gasteiger charge is -2.11. The van der Waals surface area contributed by atoms with E-state index in [1.807, 2.05) is 49.4 Å². The summed E-state index contributed by atoms with van der Waals surface area (Å²) in [6.07, 6.45) is 1.81. The molecule has 0 fully saturated rings. The number of anilines is 1. The number of aryl methyl sites for hydroxylation is 1. The van der Waals surface area contributed by atoms with Gasteiger partial charge in [0.05, 0.1) is 18.9 Å². The van der Waals surface area contributed by atoms with Crippen molar-refractivity contribution in [2.24, 2.45) is 0 Å². The molecular weight excluding hydrogens is 395 g/mol. The zero-order valence-electron chi connectivity index (χ0n) is 15.4. The molecule has 4 aromatic rings. The van der Waals surface area contributed by atoms with E-state index in [1.165, 1.54) is 0 Å². The highest BCUT2D eigenvalue weighted by Gasteiger charge is 2.15. The molecule has 2 aromatic heterocycles. The number of rotatable bonds is 5. The fraction of sp³-hybridized carbons (Fsp3) is 0.143. The molecule has 2 heterocycles. The Morgan fingerprint density at radius 1 is 1.07 bits per heavy atom. The van der Waals surface area contributed by atoms with Crippen molar-refractivity contribution < 1.29 is 4.74 Å². The molecule has 5 nitrogen and oxygen atoms in total. The normalized spacial score (nSPS) is 11.0. The lowest BCUT2D eigenvalue weighted by Crippen LogP contribution is -2.07. The lowest BCUT2D eigenvalue weighted by atomic mass is 10.1. The smallest absolute Gasteiger partial charge is 0.165 e. The Hall–Kier alpha value is -2.76. The molecule has 0 amide bonds. The Balaban J connectivity index is 1.73. The fourth-order valence-electron chi connectivity index (χ4n) is 3.12. The number of benzene rings is 2. The number of para-hydroxylation sites is 1. The Labute approximate surface area is 172 Å². The number of ether oxygens (including phenoxy) is 1. The minimum Gasteiger partial charge on any atom is -0.496 e. The third-order valence-electron chi connectivity index (χ3n) is 4.47. The molecule has 0 bridgehead atoms.